The number of rotatable bonds is 4. The van der Waals surface area contributed by atoms with Gasteiger partial charge in [-0.3, -0.25) is 4.57 Å². The van der Waals surface area contributed by atoms with Crippen molar-refractivity contribution in [2.45, 2.75) is 53.9 Å². The Morgan fingerprint density at radius 3 is 2.27 bits per heavy atom. The predicted octanol–water partition coefficient (Wildman–Crippen LogP) is 5.21. The molecule has 0 saturated carbocycles. The number of aryl methyl sites for hydroxylation is 4. The molecule has 1 aliphatic rings. The number of hydrogen-bond donors (Lipinski definition) is 1. The van der Waals surface area contributed by atoms with Crippen molar-refractivity contribution in [2.24, 2.45) is 5.92 Å². The standard InChI is InChI=1S/C24H31ClN4O/c1-14-12-20(25)13-15(2)22(14)29-17(4)16(3)21-23(26-18(5)27-24(21)29)28-9-6-19(7-10-28)8-11-30/h12-13,19,30H,6-11H2,1-5H3. The van der Waals surface area contributed by atoms with Gasteiger partial charge in [0, 0.05) is 30.4 Å². The third kappa shape index (κ3) is 3.58. The van der Waals surface area contributed by atoms with Gasteiger partial charge < -0.3 is 10.0 Å². The number of fused-ring (bicyclic) bond motifs is 1. The quantitative estimate of drug-likeness (QED) is 0.621. The van der Waals surface area contributed by atoms with Crippen molar-refractivity contribution < 1.29 is 5.11 Å². The molecule has 30 heavy (non-hydrogen) atoms. The summed E-state index contributed by atoms with van der Waals surface area (Å²) in [6, 6.07) is 4.04. The summed E-state index contributed by atoms with van der Waals surface area (Å²) in [6.45, 7) is 12.8. The Labute approximate surface area is 183 Å². The summed E-state index contributed by atoms with van der Waals surface area (Å²) in [6.07, 6.45) is 3.09. The van der Waals surface area contributed by atoms with Crippen LogP contribution in [0, 0.1) is 40.5 Å². The first-order valence-corrected chi connectivity index (χ1v) is 11.2. The molecule has 1 fully saturated rings. The number of aromatic nitrogens is 3. The van der Waals surface area contributed by atoms with Gasteiger partial charge in [0.1, 0.15) is 11.6 Å². The van der Waals surface area contributed by atoms with Gasteiger partial charge in [0.05, 0.1) is 11.1 Å². The molecule has 0 radical (unpaired) electrons. The van der Waals surface area contributed by atoms with E-state index in [0.717, 1.165) is 76.9 Å². The third-order valence-corrected chi connectivity index (χ3v) is 6.80. The van der Waals surface area contributed by atoms with Gasteiger partial charge in [0.15, 0.2) is 5.65 Å². The number of benzene rings is 1. The molecule has 160 valence electrons. The van der Waals surface area contributed by atoms with Crippen LogP contribution in [0.25, 0.3) is 16.7 Å². The van der Waals surface area contributed by atoms with Crippen LogP contribution < -0.4 is 4.90 Å². The van der Waals surface area contributed by atoms with E-state index in [2.05, 4.69) is 37.2 Å². The molecule has 0 bridgehead atoms. The second-order valence-corrected chi connectivity index (χ2v) is 9.11. The molecular weight excluding hydrogens is 396 g/mol. The first-order chi connectivity index (χ1) is 14.3. The second-order valence-electron chi connectivity index (χ2n) is 8.67. The number of aliphatic hydroxyl groups excluding tert-OH is 1. The highest BCUT2D eigenvalue weighted by Gasteiger charge is 2.26. The summed E-state index contributed by atoms with van der Waals surface area (Å²) < 4.78 is 2.28. The highest BCUT2D eigenvalue weighted by atomic mass is 35.5. The molecule has 4 rings (SSSR count). The second kappa shape index (κ2) is 8.20. The lowest BCUT2D eigenvalue weighted by Crippen LogP contribution is -2.34. The van der Waals surface area contributed by atoms with Crippen LogP contribution in [0.2, 0.25) is 5.02 Å². The average molecular weight is 427 g/mol. The maximum absolute atomic E-state index is 9.27. The van der Waals surface area contributed by atoms with Crippen molar-refractivity contribution in [1.29, 1.82) is 0 Å². The van der Waals surface area contributed by atoms with Gasteiger partial charge >= 0.3 is 0 Å². The van der Waals surface area contributed by atoms with Crippen LogP contribution in [-0.2, 0) is 0 Å². The molecule has 0 spiro atoms. The van der Waals surface area contributed by atoms with E-state index in [1.165, 1.54) is 11.3 Å². The van der Waals surface area contributed by atoms with E-state index in [-0.39, 0.29) is 6.61 Å². The van der Waals surface area contributed by atoms with E-state index >= 15 is 0 Å². The van der Waals surface area contributed by atoms with Crippen LogP contribution in [0.1, 0.15) is 47.5 Å². The van der Waals surface area contributed by atoms with Gasteiger partial charge in [-0.25, -0.2) is 9.97 Å². The number of piperidine rings is 1. The van der Waals surface area contributed by atoms with Crippen LogP contribution in [-0.4, -0.2) is 39.3 Å². The van der Waals surface area contributed by atoms with Crippen molar-refractivity contribution in [1.82, 2.24) is 14.5 Å². The van der Waals surface area contributed by atoms with Crippen LogP contribution >= 0.6 is 11.6 Å². The smallest absolute Gasteiger partial charge is 0.150 e. The minimum atomic E-state index is 0.280. The largest absolute Gasteiger partial charge is 0.396 e. The number of aliphatic hydroxyl groups is 1. The summed E-state index contributed by atoms with van der Waals surface area (Å²) in [5.74, 6) is 2.44. The molecule has 0 amide bonds. The van der Waals surface area contributed by atoms with E-state index < -0.39 is 0 Å². The van der Waals surface area contributed by atoms with E-state index in [4.69, 9.17) is 21.6 Å². The summed E-state index contributed by atoms with van der Waals surface area (Å²) in [7, 11) is 0. The molecule has 0 aliphatic carbocycles. The van der Waals surface area contributed by atoms with Gasteiger partial charge in [-0.15, -0.1) is 0 Å². The Hall–Kier alpha value is -2.11. The molecule has 3 aromatic rings. The lowest BCUT2D eigenvalue weighted by Gasteiger charge is -2.33. The zero-order chi connectivity index (χ0) is 21.6. The Morgan fingerprint density at radius 2 is 1.67 bits per heavy atom. The SMILES string of the molecule is Cc1nc(N2CCC(CCO)CC2)c2c(C)c(C)n(-c3c(C)cc(Cl)cc3C)c2n1. The fourth-order valence-corrected chi connectivity index (χ4v) is 5.25. The van der Waals surface area contributed by atoms with Crippen molar-refractivity contribution in [3.8, 4) is 5.69 Å². The summed E-state index contributed by atoms with van der Waals surface area (Å²) >= 11 is 6.30. The predicted molar refractivity (Wildman–Crippen MR) is 124 cm³/mol. The zero-order valence-corrected chi connectivity index (χ0v) is 19.3. The van der Waals surface area contributed by atoms with E-state index in [9.17, 15) is 5.11 Å². The van der Waals surface area contributed by atoms with Gasteiger partial charge in [-0.1, -0.05) is 11.6 Å². The van der Waals surface area contributed by atoms with Crippen LogP contribution in [0.3, 0.4) is 0 Å². The molecule has 3 heterocycles. The highest BCUT2D eigenvalue weighted by Crippen LogP contribution is 2.37. The maximum Gasteiger partial charge on any atom is 0.150 e. The number of halogens is 1. The van der Waals surface area contributed by atoms with Gasteiger partial charge in [0.25, 0.3) is 0 Å². The average Bonchev–Trinajstić information content (AvgIpc) is 2.92. The van der Waals surface area contributed by atoms with Crippen molar-refractivity contribution in [3.05, 3.63) is 45.4 Å². The van der Waals surface area contributed by atoms with E-state index in [1.807, 2.05) is 19.1 Å². The lowest BCUT2D eigenvalue weighted by molar-refractivity contribution is 0.240. The monoisotopic (exact) mass is 426 g/mol. The molecule has 2 aromatic heterocycles. The molecule has 6 heteroatoms. The van der Waals surface area contributed by atoms with E-state index in [0.29, 0.717) is 5.92 Å². The minimum absolute atomic E-state index is 0.280. The Bertz CT molecular complexity index is 1070. The molecule has 1 aliphatic heterocycles. The first-order valence-electron chi connectivity index (χ1n) is 10.8. The van der Waals surface area contributed by atoms with Crippen molar-refractivity contribution in [3.63, 3.8) is 0 Å². The zero-order valence-electron chi connectivity index (χ0n) is 18.6. The van der Waals surface area contributed by atoms with Gasteiger partial charge in [0.2, 0.25) is 0 Å². The maximum atomic E-state index is 9.27. The molecule has 1 saturated heterocycles. The Kier molecular flexibility index (Phi) is 5.78. The fraction of sp³-hybridized carbons (Fsp3) is 0.500. The van der Waals surface area contributed by atoms with Gasteiger partial charge in [-0.2, -0.15) is 0 Å². The van der Waals surface area contributed by atoms with E-state index in [1.54, 1.807) is 0 Å². The summed E-state index contributed by atoms with van der Waals surface area (Å²) in [5, 5.41) is 11.2. The number of hydrogen-bond acceptors (Lipinski definition) is 4. The summed E-state index contributed by atoms with van der Waals surface area (Å²) in [4.78, 5) is 12.2. The number of nitrogens with zero attached hydrogens (tertiary/aromatic N) is 4. The first kappa shape index (κ1) is 21.1. The van der Waals surface area contributed by atoms with Crippen LogP contribution in [0.15, 0.2) is 12.1 Å². The molecule has 0 atom stereocenters. The molecule has 5 nitrogen and oxygen atoms in total. The molecule has 1 aromatic carbocycles. The lowest BCUT2D eigenvalue weighted by atomic mass is 9.94. The summed E-state index contributed by atoms with van der Waals surface area (Å²) in [5.41, 5.74) is 6.82. The van der Waals surface area contributed by atoms with Crippen molar-refractivity contribution in [2.75, 3.05) is 24.6 Å². The number of anilines is 1. The van der Waals surface area contributed by atoms with Crippen LogP contribution in [0.4, 0.5) is 5.82 Å². The molecule has 1 N–H and O–H groups in total. The topological polar surface area (TPSA) is 54.2 Å². The molecule has 0 unspecified atom stereocenters. The fourth-order valence-electron chi connectivity index (χ4n) is 4.92. The Morgan fingerprint density at radius 1 is 1.03 bits per heavy atom. The van der Waals surface area contributed by atoms with Crippen molar-refractivity contribution >= 4 is 28.5 Å². The van der Waals surface area contributed by atoms with Gasteiger partial charge in [-0.05, 0) is 88.6 Å². The van der Waals surface area contributed by atoms with Crippen LogP contribution in [0.5, 0.6) is 0 Å². The molecular formula is C24H31ClN4O. The minimum Gasteiger partial charge on any atom is -0.396 e. The Balaban J connectivity index is 1.88. The highest BCUT2D eigenvalue weighted by molar-refractivity contribution is 6.30. The normalized spacial score (nSPS) is 15.4. The third-order valence-electron chi connectivity index (χ3n) is 6.58.